The normalized spacial score (nSPS) is 32.6. The average molecular weight is 234 g/mol. The lowest BCUT2D eigenvalue weighted by atomic mass is 10.0. The highest BCUT2D eigenvalue weighted by molar-refractivity contribution is 4.80. The number of ether oxygens (including phenoxy) is 3. The van der Waals surface area contributed by atoms with Crippen LogP contribution in [-0.4, -0.2) is 66.2 Å². The van der Waals surface area contributed by atoms with Gasteiger partial charge >= 0.3 is 0 Å². The predicted molar refractivity (Wildman–Crippen MR) is 53.4 cm³/mol. The van der Waals surface area contributed by atoms with Crippen molar-refractivity contribution in [3.63, 3.8) is 0 Å². The Morgan fingerprint density at radius 3 is 2.81 bits per heavy atom. The van der Waals surface area contributed by atoms with Gasteiger partial charge in [-0.25, -0.2) is 0 Å². The van der Waals surface area contributed by atoms with Gasteiger partial charge in [0.05, 0.1) is 25.9 Å². The molecule has 0 aromatic carbocycles. The molecule has 16 heavy (non-hydrogen) atoms. The SMILES string of the molecule is [CH]OCC(O)COCC1OCCC(O)C1O. The maximum absolute atomic E-state index is 9.54. The van der Waals surface area contributed by atoms with Crippen LogP contribution in [0.25, 0.3) is 0 Å². The molecule has 1 aliphatic rings. The minimum absolute atomic E-state index is 0.0172. The quantitative estimate of drug-likeness (QED) is 0.521. The van der Waals surface area contributed by atoms with Crippen molar-refractivity contribution in [1.82, 2.24) is 0 Å². The van der Waals surface area contributed by atoms with E-state index in [2.05, 4.69) is 4.74 Å². The molecule has 0 aliphatic carbocycles. The van der Waals surface area contributed by atoms with E-state index in [-0.39, 0.29) is 19.8 Å². The van der Waals surface area contributed by atoms with Crippen LogP contribution in [0.1, 0.15) is 6.42 Å². The molecule has 2 radical (unpaired) electrons. The Morgan fingerprint density at radius 2 is 2.12 bits per heavy atom. The summed E-state index contributed by atoms with van der Waals surface area (Å²) in [5.41, 5.74) is 0. The summed E-state index contributed by atoms with van der Waals surface area (Å²) in [6.45, 7) is 0.525. The van der Waals surface area contributed by atoms with Crippen molar-refractivity contribution in [2.45, 2.75) is 30.8 Å². The Kier molecular flexibility index (Phi) is 6.18. The lowest BCUT2D eigenvalue weighted by Crippen LogP contribution is -2.47. The molecule has 3 N–H and O–H groups in total. The fourth-order valence-corrected chi connectivity index (χ4v) is 1.48. The molecule has 1 fully saturated rings. The average Bonchev–Trinajstić information content (AvgIpc) is 2.25. The third-order valence-corrected chi connectivity index (χ3v) is 2.40. The molecular formula is C10H18O6. The molecule has 4 atom stereocenters. The number of hydrogen-bond acceptors (Lipinski definition) is 6. The van der Waals surface area contributed by atoms with Gasteiger partial charge in [-0.05, 0) is 6.42 Å². The van der Waals surface area contributed by atoms with Gasteiger partial charge in [0.15, 0.2) is 0 Å². The third kappa shape index (κ3) is 4.32. The smallest absolute Gasteiger partial charge is 0.115 e. The molecule has 0 aromatic heterocycles. The molecule has 1 saturated heterocycles. The van der Waals surface area contributed by atoms with Gasteiger partial charge in [0.2, 0.25) is 0 Å². The largest absolute Gasteiger partial charge is 0.390 e. The zero-order valence-electron chi connectivity index (χ0n) is 8.99. The highest BCUT2D eigenvalue weighted by atomic mass is 16.6. The number of hydrogen-bond donors (Lipinski definition) is 3. The lowest BCUT2D eigenvalue weighted by Gasteiger charge is -2.31. The van der Waals surface area contributed by atoms with Crippen molar-refractivity contribution >= 4 is 0 Å². The first-order valence-corrected chi connectivity index (χ1v) is 5.20. The summed E-state index contributed by atoms with van der Waals surface area (Å²) in [7, 11) is 4.77. The first-order valence-electron chi connectivity index (χ1n) is 5.20. The summed E-state index contributed by atoms with van der Waals surface area (Å²) in [5.74, 6) is 0. The van der Waals surface area contributed by atoms with E-state index in [1.807, 2.05) is 0 Å². The summed E-state index contributed by atoms with van der Waals surface area (Å²) in [4.78, 5) is 0. The molecular weight excluding hydrogens is 216 g/mol. The van der Waals surface area contributed by atoms with E-state index in [0.29, 0.717) is 13.0 Å². The van der Waals surface area contributed by atoms with E-state index in [0.717, 1.165) is 0 Å². The number of rotatable bonds is 6. The lowest BCUT2D eigenvalue weighted by molar-refractivity contribution is -0.158. The van der Waals surface area contributed by atoms with Gasteiger partial charge in [-0.2, -0.15) is 0 Å². The molecule has 0 spiro atoms. The van der Waals surface area contributed by atoms with Gasteiger partial charge in [-0.15, -0.1) is 0 Å². The van der Waals surface area contributed by atoms with Gasteiger partial charge < -0.3 is 29.5 Å². The summed E-state index contributed by atoms with van der Waals surface area (Å²) in [6, 6.07) is 0. The molecule has 0 aromatic rings. The second-order valence-corrected chi connectivity index (χ2v) is 3.78. The van der Waals surface area contributed by atoms with Crippen molar-refractivity contribution in [2.75, 3.05) is 26.4 Å². The Hall–Kier alpha value is -0.240. The van der Waals surface area contributed by atoms with Crippen molar-refractivity contribution in [2.24, 2.45) is 0 Å². The van der Waals surface area contributed by atoms with E-state index < -0.39 is 24.4 Å². The summed E-state index contributed by atoms with van der Waals surface area (Å²) >= 11 is 0. The maximum atomic E-state index is 9.54. The summed E-state index contributed by atoms with van der Waals surface area (Å²) < 4.78 is 14.6. The van der Waals surface area contributed by atoms with Crippen molar-refractivity contribution in [3.05, 3.63) is 7.11 Å². The van der Waals surface area contributed by atoms with Gasteiger partial charge in [0.25, 0.3) is 0 Å². The van der Waals surface area contributed by atoms with Crippen LogP contribution in [0.2, 0.25) is 0 Å². The zero-order valence-corrected chi connectivity index (χ0v) is 8.99. The van der Waals surface area contributed by atoms with Crippen molar-refractivity contribution in [1.29, 1.82) is 0 Å². The highest BCUT2D eigenvalue weighted by Gasteiger charge is 2.31. The Bertz CT molecular complexity index is 188. The molecule has 4 unspecified atom stereocenters. The fourth-order valence-electron chi connectivity index (χ4n) is 1.48. The molecule has 0 saturated carbocycles. The summed E-state index contributed by atoms with van der Waals surface area (Å²) in [6.07, 6.45) is -2.68. The second kappa shape index (κ2) is 7.16. The Balaban J connectivity index is 2.16. The highest BCUT2D eigenvalue weighted by Crippen LogP contribution is 2.14. The van der Waals surface area contributed by atoms with Gasteiger partial charge in [0.1, 0.15) is 25.4 Å². The Morgan fingerprint density at radius 1 is 1.38 bits per heavy atom. The summed E-state index contributed by atoms with van der Waals surface area (Å²) in [5, 5.41) is 28.1. The van der Waals surface area contributed by atoms with Crippen LogP contribution in [0, 0.1) is 7.11 Å². The second-order valence-electron chi connectivity index (χ2n) is 3.78. The van der Waals surface area contributed by atoms with Crippen molar-refractivity contribution < 1.29 is 29.5 Å². The Labute approximate surface area is 94.7 Å². The molecule has 1 rings (SSSR count). The molecule has 1 aliphatic heterocycles. The monoisotopic (exact) mass is 234 g/mol. The minimum atomic E-state index is -0.948. The maximum Gasteiger partial charge on any atom is 0.115 e. The minimum Gasteiger partial charge on any atom is -0.390 e. The van der Waals surface area contributed by atoms with E-state index in [1.165, 1.54) is 0 Å². The van der Waals surface area contributed by atoms with Gasteiger partial charge in [-0.3, -0.25) is 0 Å². The van der Waals surface area contributed by atoms with Gasteiger partial charge in [0, 0.05) is 6.61 Å². The van der Waals surface area contributed by atoms with Crippen LogP contribution in [0.3, 0.4) is 0 Å². The van der Waals surface area contributed by atoms with Crippen LogP contribution < -0.4 is 0 Å². The molecule has 6 nitrogen and oxygen atoms in total. The number of aliphatic hydroxyl groups excluding tert-OH is 3. The van der Waals surface area contributed by atoms with E-state index >= 15 is 0 Å². The predicted octanol–water partition coefficient (Wildman–Crippen LogP) is -1.44. The van der Waals surface area contributed by atoms with Gasteiger partial charge in [-0.1, -0.05) is 0 Å². The van der Waals surface area contributed by atoms with Crippen LogP contribution in [0.4, 0.5) is 0 Å². The van der Waals surface area contributed by atoms with Crippen LogP contribution >= 0.6 is 0 Å². The molecule has 0 amide bonds. The van der Waals surface area contributed by atoms with Crippen LogP contribution in [0.15, 0.2) is 0 Å². The topological polar surface area (TPSA) is 88.4 Å². The van der Waals surface area contributed by atoms with E-state index in [1.54, 1.807) is 0 Å². The first-order chi connectivity index (χ1) is 7.65. The molecule has 1 heterocycles. The number of aliphatic hydroxyl groups is 3. The standard InChI is InChI=1S/C10H18O6/c1-14-4-7(11)5-15-6-9-10(13)8(12)2-3-16-9/h1,7-13H,2-6H2. The molecule has 94 valence electrons. The fraction of sp³-hybridized carbons (Fsp3) is 0.900. The van der Waals surface area contributed by atoms with Crippen LogP contribution in [-0.2, 0) is 14.2 Å². The van der Waals surface area contributed by atoms with Crippen molar-refractivity contribution in [3.8, 4) is 0 Å². The molecule has 6 heteroatoms. The first kappa shape index (κ1) is 13.8. The van der Waals surface area contributed by atoms with E-state index in [9.17, 15) is 15.3 Å². The zero-order chi connectivity index (χ0) is 12.0. The van der Waals surface area contributed by atoms with E-state index in [4.69, 9.17) is 16.6 Å². The molecule has 0 bridgehead atoms. The third-order valence-electron chi connectivity index (χ3n) is 2.40. The van der Waals surface area contributed by atoms with Crippen LogP contribution in [0.5, 0.6) is 0 Å².